The summed E-state index contributed by atoms with van der Waals surface area (Å²) < 4.78 is 35.3. The zero-order valence-electron chi connectivity index (χ0n) is 19.2. The van der Waals surface area contributed by atoms with Gasteiger partial charge in [-0.2, -0.15) is 0 Å². The fourth-order valence-electron chi connectivity index (χ4n) is 3.82. The molecular formula is C23H24N4O7S. The Morgan fingerprint density at radius 1 is 1.14 bits per heavy atom. The second-order valence-electron chi connectivity index (χ2n) is 8.01. The number of amides is 4. The summed E-state index contributed by atoms with van der Waals surface area (Å²) in [4.78, 5) is 36.3. The third kappa shape index (κ3) is 5.22. The van der Waals surface area contributed by atoms with Gasteiger partial charge in [0.25, 0.3) is 11.8 Å². The van der Waals surface area contributed by atoms with Crippen molar-refractivity contribution >= 4 is 44.5 Å². The van der Waals surface area contributed by atoms with Crippen molar-refractivity contribution in [1.29, 1.82) is 0 Å². The highest BCUT2D eigenvalue weighted by molar-refractivity contribution is 7.92. The quantitative estimate of drug-likeness (QED) is 0.456. The van der Waals surface area contributed by atoms with Crippen LogP contribution < -0.4 is 20.1 Å². The van der Waals surface area contributed by atoms with E-state index in [4.69, 9.17) is 9.15 Å². The molecule has 0 saturated carbocycles. The minimum atomic E-state index is -3.37. The van der Waals surface area contributed by atoms with Crippen molar-refractivity contribution < 1.29 is 32.0 Å². The van der Waals surface area contributed by atoms with Crippen molar-refractivity contribution in [3.8, 4) is 5.75 Å². The first kappa shape index (κ1) is 24.1. The van der Waals surface area contributed by atoms with Crippen LogP contribution in [0.4, 0.5) is 10.5 Å². The molecule has 12 heteroatoms. The van der Waals surface area contributed by atoms with E-state index in [9.17, 15) is 22.8 Å². The molecule has 4 amide bonds. The van der Waals surface area contributed by atoms with E-state index >= 15 is 0 Å². The average Bonchev–Trinajstić information content (AvgIpc) is 3.46. The van der Waals surface area contributed by atoms with E-state index in [2.05, 4.69) is 15.4 Å². The Balaban J connectivity index is 0.000000179. The molecule has 0 radical (unpaired) electrons. The van der Waals surface area contributed by atoms with Crippen LogP contribution in [0.5, 0.6) is 5.75 Å². The van der Waals surface area contributed by atoms with Crippen LogP contribution in [0.3, 0.4) is 0 Å². The van der Waals surface area contributed by atoms with E-state index in [0.717, 1.165) is 36.2 Å². The Labute approximate surface area is 201 Å². The summed E-state index contributed by atoms with van der Waals surface area (Å²) in [5, 5.41) is 5.16. The first-order chi connectivity index (χ1) is 16.6. The van der Waals surface area contributed by atoms with Crippen molar-refractivity contribution in [2.75, 3.05) is 24.6 Å². The fourth-order valence-corrected chi connectivity index (χ4v) is 4.38. The fraction of sp³-hybridized carbons (Fsp3) is 0.261. The summed E-state index contributed by atoms with van der Waals surface area (Å²) in [5.74, 6) is 0.648. The van der Waals surface area contributed by atoms with Gasteiger partial charge in [-0.25, -0.2) is 13.2 Å². The number of fused-ring (bicyclic) bond motifs is 2. The zero-order valence-corrected chi connectivity index (χ0v) is 20.1. The Kier molecular flexibility index (Phi) is 6.39. The standard InChI is InChI=1S/C12H11N3O5S.C11H13NO2/c1-21(18,19)15-7-2-3-8-6(4-7)5-9(20-8)10-11(16)14-12(17)13-10;1-3-12-7-8-4-5-9(14-2)6-10(8)11(12)13/h2-5,10,15H,1H3,(H2,13,14,16,17);4-6H,3,7H2,1-2H3. The van der Waals surface area contributed by atoms with Crippen LogP contribution in [0.25, 0.3) is 11.0 Å². The largest absolute Gasteiger partial charge is 0.497 e. The molecule has 1 saturated heterocycles. The number of furan rings is 1. The van der Waals surface area contributed by atoms with Crippen LogP contribution >= 0.6 is 0 Å². The second kappa shape index (κ2) is 9.29. The van der Waals surface area contributed by atoms with E-state index in [1.165, 1.54) is 0 Å². The first-order valence-corrected chi connectivity index (χ1v) is 12.6. The molecule has 1 aromatic heterocycles. The second-order valence-corrected chi connectivity index (χ2v) is 9.76. The smallest absolute Gasteiger partial charge is 0.322 e. The predicted octanol–water partition coefficient (Wildman–Crippen LogP) is 2.36. The maximum atomic E-state index is 11.8. The summed E-state index contributed by atoms with van der Waals surface area (Å²) in [7, 11) is -1.76. The molecule has 3 heterocycles. The van der Waals surface area contributed by atoms with Crippen LogP contribution in [-0.2, 0) is 21.4 Å². The lowest BCUT2D eigenvalue weighted by Gasteiger charge is -2.10. The molecule has 1 fully saturated rings. The Morgan fingerprint density at radius 2 is 1.91 bits per heavy atom. The number of sulfonamides is 1. The third-order valence-corrected chi connectivity index (χ3v) is 6.08. The van der Waals surface area contributed by atoms with E-state index < -0.39 is 28.0 Å². The number of ether oxygens (including phenoxy) is 1. The SMILES string of the molecule is CCN1Cc2ccc(OC)cc2C1=O.CS(=O)(=O)Nc1ccc2oc(C3NC(=O)NC3=O)cc2c1. The minimum Gasteiger partial charge on any atom is -0.497 e. The van der Waals surface area contributed by atoms with Gasteiger partial charge in [-0.15, -0.1) is 0 Å². The van der Waals surface area contributed by atoms with Gasteiger partial charge in [0.05, 0.1) is 13.4 Å². The van der Waals surface area contributed by atoms with Crippen LogP contribution in [0, 0.1) is 0 Å². The maximum Gasteiger partial charge on any atom is 0.322 e. The Bertz CT molecular complexity index is 1430. The van der Waals surface area contributed by atoms with Gasteiger partial charge in [0.2, 0.25) is 10.0 Å². The molecule has 0 bridgehead atoms. The molecule has 11 nitrogen and oxygen atoms in total. The minimum absolute atomic E-state index is 0.112. The summed E-state index contributed by atoms with van der Waals surface area (Å²) in [6.07, 6.45) is 1.05. The number of hydrogen-bond donors (Lipinski definition) is 3. The van der Waals surface area contributed by atoms with Crippen LogP contribution in [-0.4, -0.2) is 51.1 Å². The van der Waals surface area contributed by atoms with E-state index in [0.29, 0.717) is 16.7 Å². The average molecular weight is 501 g/mol. The number of anilines is 1. The molecule has 35 heavy (non-hydrogen) atoms. The molecule has 5 rings (SSSR count). The van der Waals surface area contributed by atoms with Crippen LogP contribution in [0.2, 0.25) is 0 Å². The van der Waals surface area contributed by atoms with Gasteiger partial charge >= 0.3 is 6.03 Å². The van der Waals surface area contributed by atoms with Crippen LogP contribution in [0.1, 0.15) is 34.6 Å². The van der Waals surface area contributed by atoms with Gasteiger partial charge in [0.15, 0.2) is 6.04 Å². The van der Waals surface area contributed by atoms with E-state index in [1.54, 1.807) is 31.4 Å². The third-order valence-electron chi connectivity index (χ3n) is 5.48. The van der Waals surface area contributed by atoms with Gasteiger partial charge < -0.3 is 19.4 Å². The number of imide groups is 1. The monoisotopic (exact) mass is 500 g/mol. The molecule has 2 aliphatic rings. The van der Waals surface area contributed by atoms with Crippen molar-refractivity contribution in [3.05, 3.63) is 59.4 Å². The van der Waals surface area contributed by atoms with E-state index in [1.807, 2.05) is 30.0 Å². The highest BCUT2D eigenvalue weighted by Crippen LogP contribution is 2.28. The summed E-state index contributed by atoms with van der Waals surface area (Å²) in [6, 6.07) is 10.5. The molecule has 184 valence electrons. The number of carbonyl (C=O) groups is 3. The van der Waals surface area contributed by atoms with Gasteiger partial charge in [-0.1, -0.05) is 6.07 Å². The number of urea groups is 1. The molecule has 0 spiro atoms. The van der Waals surface area contributed by atoms with Crippen molar-refractivity contribution in [3.63, 3.8) is 0 Å². The number of hydrogen-bond acceptors (Lipinski definition) is 7. The van der Waals surface area contributed by atoms with Gasteiger partial charge in [0, 0.05) is 29.7 Å². The molecule has 0 aliphatic carbocycles. The van der Waals surface area contributed by atoms with Gasteiger partial charge in [0.1, 0.15) is 17.1 Å². The molecule has 1 unspecified atom stereocenters. The lowest BCUT2D eigenvalue weighted by atomic mass is 10.1. The van der Waals surface area contributed by atoms with Crippen molar-refractivity contribution in [2.24, 2.45) is 0 Å². The summed E-state index contributed by atoms with van der Waals surface area (Å²) >= 11 is 0. The predicted molar refractivity (Wildman–Crippen MR) is 128 cm³/mol. The molecule has 2 aliphatic heterocycles. The maximum absolute atomic E-state index is 11.8. The van der Waals surface area contributed by atoms with E-state index in [-0.39, 0.29) is 11.7 Å². The molecule has 2 aromatic carbocycles. The lowest BCUT2D eigenvalue weighted by Crippen LogP contribution is -2.22. The normalized spacial score (nSPS) is 16.9. The highest BCUT2D eigenvalue weighted by atomic mass is 32.2. The number of carbonyl (C=O) groups excluding carboxylic acids is 3. The molecule has 3 N–H and O–H groups in total. The van der Waals surface area contributed by atoms with Crippen LogP contribution in [0.15, 0.2) is 46.9 Å². The summed E-state index contributed by atoms with van der Waals surface area (Å²) in [6.45, 7) is 3.48. The highest BCUT2D eigenvalue weighted by Gasteiger charge is 2.33. The number of nitrogens with one attached hydrogen (secondary N) is 3. The molecular weight excluding hydrogens is 476 g/mol. The zero-order chi connectivity index (χ0) is 25.3. The molecule has 3 aromatic rings. The van der Waals surface area contributed by atoms with Gasteiger partial charge in [-0.05, 0) is 48.9 Å². The first-order valence-electron chi connectivity index (χ1n) is 10.7. The number of methoxy groups -OCH3 is 1. The van der Waals surface area contributed by atoms with Crippen molar-refractivity contribution in [2.45, 2.75) is 19.5 Å². The Hall–Kier alpha value is -4.06. The Morgan fingerprint density at radius 3 is 2.54 bits per heavy atom. The van der Waals surface area contributed by atoms with Crippen molar-refractivity contribution in [1.82, 2.24) is 15.5 Å². The lowest BCUT2D eigenvalue weighted by molar-refractivity contribution is -0.120. The number of rotatable bonds is 5. The topological polar surface area (TPSA) is 147 Å². The number of nitrogens with zero attached hydrogens (tertiary/aromatic N) is 1. The van der Waals surface area contributed by atoms with Gasteiger partial charge in [-0.3, -0.25) is 19.6 Å². The number of benzene rings is 2. The summed E-state index contributed by atoms with van der Waals surface area (Å²) in [5.41, 5.74) is 2.75. The molecule has 1 atom stereocenters.